The predicted octanol–water partition coefficient (Wildman–Crippen LogP) is 1.39. The van der Waals surface area contributed by atoms with Gasteiger partial charge in [0, 0.05) is 11.8 Å². The van der Waals surface area contributed by atoms with Gasteiger partial charge in [-0.2, -0.15) is 0 Å². The Hall–Kier alpha value is -0.650. The first-order valence-corrected chi connectivity index (χ1v) is 3.55. The largest absolute Gasteiger partial charge is 0.481 e. The molecule has 5 nitrogen and oxygen atoms in total. The lowest BCUT2D eigenvalue weighted by atomic mass is 10.3. The number of hydrogen-bond acceptors (Lipinski definition) is 3. The number of carboxylic acid groups (broad SMARTS) is 1. The van der Waals surface area contributed by atoms with Crippen molar-refractivity contribution in [3.05, 3.63) is 4.91 Å². The van der Waals surface area contributed by atoms with E-state index in [9.17, 15) is 4.79 Å². The van der Waals surface area contributed by atoms with E-state index < -0.39 is 5.97 Å². The fourth-order valence-corrected chi connectivity index (χ4v) is 0.498. The summed E-state index contributed by atoms with van der Waals surface area (Å²) in [5.41, 5.74) is 0. The highest BCUT2D eigenvalue weighted by Crippen LogP contribution is 1.91. The van der Waals surface area contributed by atoms with E-state index in [0.717, 1.165) is 11.8 Å². The van der Waals surface area contributed by atoms with Crippen molar-refractivity contribution < 1.29 is 15.1 Å². The van der Waals surface area contributed by atoms with E-state index in [0.29, 0.717) is 0 Å². The molecule has 0 fully saturated rings. The molecule has 0 aromatic carbocycles. The van der Waals surface area contributed by atoms with E-state index >= 15 is 0 Å². The number of rotatable bonds is 3. The number of carboxylic acids is 1. The monoisotopic (exact) mass is 213 g/mol. The van der Waals surface area contributed by atoms with Crippen LogP contribution in [0.3, 0.4) is 0 Å². The maximum atomic E-state index is 9.74. The molecule has 0 aliphatic heterocycles. The molecule has 0 aliphatic rings. The Morgan fingerprint density at radius 2 is 2.00 bits per heavy atom. The van der Waals surface area contributed by atoms with Crippen LogP contribution in [0.1, 0.15) is 12.8 Å². The van der Waals surface area contributed by atoms with Crippen LogP contribution in [0, 0.1) is 4.91 Å². The molecule has 0 rings (SSSR count). The molecular weight excluding hydrogens is 206 g/mol. The normalized spacial score (nSPS) is 7.30. The molecule has 0 unspecified atom stereocenters. The molecule has 0 heterocycles. The lowest BCUT2D eigenvalue weighted by Gasteiger charge is -1.84. The van der Waals surface area contributed by atoms with Crippen molar-refractivity contribution in [2.45, 2.75) is 12.8 Å². The Morgan fingerprint density at radius 1 is 1.60 bits per heavy atom. The van der Waals surface area contributed by atoms with E-state index in [1.54, 1.807) is 0 Å². The third kappa shape index (κ3) is 26.4. The molecule has 0 saturated carbocycles. The molecule has 6 heteroatoms. The Kier molecular flexibility index (Phi) is 13.5. The lowest BCUT2D eigenvalue weighted by molar-refractivity contribution is -0.137. The maximum absolute atomic E-state index is 9.74. The van der Waals surface area contributed by atoms with Gasteiger partial charge in [0.2, 0.25) is 0 Å². The smallest absolute Gasteiger partial charge is 0.303 e. The first kappa shape index (κ1) is 12.1. The first-order valence-electron chi connectivity index (χ1n) is 2.43. The Morgan fingerprint density at radius 3 is 2.10 bits per heavy atom. The second-order valence-corrected chi connectivity index (χ2v) is 2.06. The zero-order valence-electron chi connectivity index (χ0n) is 5.16. The summed E-state index contributed by atoms with van der Waals surface area (Å²) < 4.78 is 0. The minimum absolute atomic E-state index is 0.269. The third-order valence-corrected chi connectivity index (χ3v) is 1.09. The van der Waals surface area contributed by atoms with Gasteiger partial charge in [-0.05, 0) is 6.42 Å². The van der Waals surface area contributed by atoms with Crippen molar-refractivity contribution in [2.24, 2.45) is 5.34 Å². The number of alkyl halides is 1. The molecule has 0 saturated heterocycles. The number of carbonyl (C=O) groups is 1. The summed E-state index contributed by atoms with van der Waals surface area (Å²) in [5, 5.41) is 16.7. The van der Waals surface area contributed by atoms with Crippen LogP contribution in [0.5, 0.6) is 0 Å². The van der Waals surface area contributed by atoms with Crippen LogP contribution in [0.2, 0.25) is 0 Å². The Balaban J connectivity index is 0. The van der Waals surface area contributed by atoms with Gasteiger partial charge in [-0.3, -0.25) is 4.79 Å². The van der Waals surface area contributed by atoms with Gasteiger partial charge >= 0.3 is 5.97 Å². The predicted molar refractivity (Wildman–Crippen MR) is 38.2 cm³/mol. The van der Waals surface area contributed by atoms with Crippen molar-refractivity contribution in [1.29, 1.82) is 0 Å². The zero-order valence-corrected chi connectivity index (χ0v) is 6.74. The van der Waals surface area contributed by atoms with Crippen LogP contribution in [-0.4, -0.2) is 21.6 Å². The number of halogens is 1. The fraction of sp³-hybridized carbons (Fsp3) is 0.750. The van der Waals surface area contributed by atoms with Crippen LogP contribution in [0.25, 0.3) is 0 Å². The molecule has 10 heavy (non-hydrogen) atoms. The third-order valence-electron chi connectivity index (χ3n) is 0.524. The van der Waals surface area contributed by atoms with Gasteiger partial charge in [-0.15, -0.1) is 4.91 Å². The highest BCUT2D eigenvalue weighted by molar-refractivity contribution is 9.09. The van der Waals surface area contributed by atoms with Gasteiger partial charge in [0.15, 0.2) is 5.34 Å². The van der Waals surface area contributed by atoms with Gasteiger partial charge in [0.25, 0.3) is 0 Å². The first-order chi connectivity index (χ1) is 4.68. The van der Waals surface area contributed by atoms with E-state index in [1.807, 2.05) is 0 Å². The minimum atomic E-state index is -0.723. The molecule has 0 atom stereocenters. The quantitative estimate of drug-likeness (QED) is 0.422. The molecule has 0 bridgehead atoms. The van der Waals surface area contributed by atoms with E-state index in [4.69, 9.17) is 15.2 Å². The fourth-order valence-electron chi connectivity index (χ4n) is 0.218. The molecule has 0 amide bonds. The number of aliphatic carboxylic acids is 1. The summed E-state index contributed by atoms with van der Waals surface area (Å²) in [7, 11) is 0. The topological polar surface area (TPSA) is 87.0 Å². The zero-order chi connectivity index (χ0) is 8.41. The minimum Gasteiger partial charge on any atom is -0.481 e. The van der Waals surface area contributed by atoms with E-state index in [2.05, 4.69) is 15.9 Å². The molecular formula is C4H8BrNO4. The number of nitrogens with zero attached hydrogens (tertiary/aromatic N) is 1. The van der Waals surface area contributed by atoms with Crippen molar-refractivity contribution in [3.8, 4) is 0 Å². The lowest BCUT2D eigenvalue weighted by Crippen LogP contribution is -1.93. The summed E-state index contributed by atoms with van der Waals surface area (Å²) >= 11 is 3.11. The van der Waals surface area contributed by atoms with Crippen LogP contribution >= 0.6 is 15.9 Å². The highest BCUT2D eigenvalue weighted by Gasteiger charge is 1.91. The van der Waals surface area contributed by atoms with Crippen molar-refractivity contribution in [2.75, 3.05) is 5.33 Å². The van der Waals surface area contributed by atoms with Crippen molar-refractivity contribution in [1.82, 2.24) is 0 Å². The van der Waals surface area contributed by atoms with Gasteiger partial charge in [-0.1, -0.05) is 15.9 Å². The van der Waals surface area contributed by atoms with E-state index in [1.165, 1.54) is 5.34 Å². The molecule has 60 valence electrons. The number of hydrogen-bond donors (Lipinski definition) is 2. The molecule has 0 radical (unpaired) electrons. The highest BCUT2D eigenvalue weighted by atomic mass is 79.9. The molecule has 0 aromatic heterocycles. The van der Waals surface area contributed by atoms with Crippen LogP contribution in [-0.2, 0) is 4.79 Å². The summed E-state index contributed by atoms with van der Waals surface area (Å²) in [4.78, 5) is 17.8. The SMILES string of the molecule is O=C(O)CCCBr.O=NO. The second-order valence-electron chi connectivity index (χ2n) is 1.27. The van der Waals surface area contributed by atoms with Crippen molar-refractivity contribution >= 4 is 21.9 Å². The van der Waals surface area contributed by atoms with Gasteiger partial charge in [0.1, 0.15) is 0 Å². The summed E-state index contributed by atoms with van der Waals surface area (Å²) in [5.74, 6) is -0.723. The standard InChI is InChI=1S/C4H7BrO2.HNO2/c5-3-1-2-4(6)7;2-1-3/h1-3H2,(H,6,7);(H,2,3). The Bertz CT molecular complexity index is 97.3. The van der Waals surface area contributed by atoms with Crippen LogP contribution < -0.4 is 0 Å². The molecule has 0 aliphatic carbocycles. The van der Waals surface area contributed by atoms with Crippen molar-refractivity contribution in [3.63, 3.8) is 0 Å². The average molecular weight is 214 g/mol. The molecule has 0 spiro atoms. The van der Waals surface area contributed by atoms with E-state index in [-0.39, 0.29) is 6.42 Å². The summed E-state index contributed by atoms with van der Waals surface area (Å²) in [6.45, 7) is 0. The Labute approximate surface area is 66.1 Å². The molecule has 0 aromatic rings. The van der Waals surface area contributed by atoms with Crippen LogP contribution in [0.15, 0.2) is 5.34 Å². The second kappa shape index (κ2) is 11.2. The van der Waals surface area contributed by atoms with Gasteiger partial charge in [0.05, 0.1) is 0 Å². The van der Waals surface area contributed by atoms with Crippen LogP contribution in [0.4, 0.5) is 0 Å². The van der Waals surface area contributed by atoms with Gasteiger partial charge in [-0.25, -0.2) is 0 Å². The molecule has 2 N–H and O–H groups in total. The summed E-state index contributed by atoms with van der Waals surface area (Å²) in [6, 6.07) is 0. The average Bonchev–Trinajstić information content (AvgIpc) is 1.85. The van der Waals surface area contributed by atoms with Gasteiger partial charge < -0.3 is 10.3 Å². The maximum Gasteiger partial charge on any atom is 0.303 e. The summed E-state index contributed by atoms with van der Waals surface area (Å²) in [6.07, 6.45) is 0.987.